The van der Waals surface area contributed by atoms with Gasteiger partial charge in [0.2, 0.25) is 0 Å². The third-order valence-corrected chi connectivity index (χ3v) is 5.30. The number of hydrogen-bond acceptors (Lipinski definition) is 5. The minimum atomic E-state index is -0.674. The summed E-state index contributed by atoms with van der Waals surface area (Å²) in [5.74, 6) is 0.769. The molecule has 0 unspecified atom stereocenters. The van der Waals surface area contributed by atoms with Crippen molar-refractivity contribution >= 4 is 47.6 Å². The largest absolute Gasteiger partial charge is 0.352 e. The Morgan fingerprint density at radius 2 is 2.04 bits per heavy atom. The van der Waals surface area contributed by atoms with E-state index in [1.54, 1.807) is 0 Å². The highest BCUT2D eigenvalue weighted by atomic mass is 127. The van der Waals surface area contributed by atoms with E-state index in [2.05, 4.69) is 20.5 Å². The van der Waals surface area contributed by atoms with Gasteiger partial charge in [0, 0.05) is 20.1 Å². The molecule has 3 aliphatic rings. The molecular weight excluding hydrogens is 445 g/mol. The Morgan fingerprint density at radius 1 is 1.27 bits per heavy atom. The maximum absolute atomic E-state index is 12.9. The van der Waals surface area contributed by atoms with Crippen LogP contribution in [0.3, 0.4) is 0 Å². The van der Waals surface area contributed by atoms with Crippen LogP contribution in [0.2, 0.25) is 0 Å². The number of benzene rings is 1. The van der Waals surface area contributed by atoms with Gasteiger partial charge in [-0.2, -0.15) is 0 Å². The molecule has 8 heteroatoms. The second-order valence-electron chi connectivity index (χ2n) is 7.01. The molecular formula is C18H24IN5O2. The number of carbonyl (C=O) groups is 2. The van der Waals surface area contributed by atoms with Crippen LogP contribution in [0.15, 0.2) is 29.3 Å². The second kappa shape index (κ2) is 7.42. The van der Waals surface area contributed by atoms with Gasteiger partial charge in [-0.3, -0.25) is 9.79 Å². The lowest BCUT2D eigenvalue weighted by Crippen LogP contribution is -2.44. The molecule has 1 aromatic rings. The average molecular weight is 469 g/mol. The number of likely N-dealkylation sites (N-methyl/N-ethyl adjacent to an activating group) is 1. The number of nitrogens with zero attached hydrogens (tertiary/aromatic N) is 3. The maximum Gasteiger partial charge on any atom is 0.329 e. The van der Waals surface area contributed by atoms with Crippen molar-refractivity contribution < 1.29 is 9.59 Å². The molecule has 1 saturated carbocycles. The summed E-state index contributed by atoms with van der Waals surface area (Å²) < 4.78 is 0. The topological polar surface area (TPSA) is 77.0 Å². The van der Waals surface area contributed by atoms with Crippen LogP contribution in [0.1, 0.15) is 31.2 Å². The van der Waals surface area contributed by atoms with Gasteiger partial charge in [-0.1, -0.05) is 25.0 Å². The highest BCUT2D eigenvalue weighted by Crippen LogP contribution is 2.37. The maximum atomic E-state index is 12.9. The Bertz CT molecular complexity index is 745. The van der Waals surface area contributed by atoms with E-state index >= 15 is 0 Å². The van der Waals surface area contributed by atoms with Crippen molar-refractivity contribution in [1.82, 2.24) is 15.5 Å². The molecule has 3 amide bonds. The fourth-order valence-corrected chi connectivity index (χ4v) is 3.88. The molecule has 2 N–H and O–H groups in total. The zero-order chi connectivity index (χ0) is 17.4. The number of rotatable bonds is 3. The molecule has 2 heterocycles. The second-order valence-corrected chi connectivity index (χ2v) is 7.01. The smallest absolute Gasteiger partial charge is 0.329 e. The SMILES string of the molecule is CN1CCN=C1NCc1cccc(N2C(=O)NC3(CCCC3)C2=O)c1.I. The van der Waals surface area contributed by atoms with Gasteiger partial charge in [-0.25, -0.2) is 9.69 Å². The van der Waals surface area contributed by atoms with E-state index in [0.717, 1.165) is 50.3 Å². The molecule has 0 radical (unpaired) electrons. The first-order valence-electron chi connectivity index (χ1n) is 8.84. The summed E-state index contributed by atoms with van der Waals surface area (Å²) in [5, 5.41) is 6.23. The normalized spacial score (nSPS) is 21.0. The van der Waals surface area contributed by atoms with Crippen LogP contribution in [-0.2, 0) is 11.3 Å². The van der Waals surface area contributed by atoms with Crippen molar-refractivity contribution in [2.45, 2.75) is 37.8 Å². The van der Waals surface area contributed by atoms with Crippen molar-refractivity contribution in [1.29, 1.82) is 0 Å². The summed E-state index contributed by atoms with van der Waals surface area (Å²) in [6.07, 6.45) is 3.45. The molecule has 0 atom stereocenters. The molecule has 26 heavy (non-hydrogen) atoms. The van der Waals surface area contributed by atoms with Gasteiger partial charge < -0.3 is 15.5 Å². The number of carbonyl (C=O) groups excluding carboxylic acids is 2. The first kappa shape index (κ1) is 18.9. The Morgan fingerprint density at radius 3 is 2.73 bits per heavy atom. The summed E-state index contributed by atoms with van der Waals surface area (Å²) in [4.78, 5) is 33.1. The lowest BCUT2D eigenvalue weighted by atomic mass is 9.98. The molecule has 1 aliphatic carbocycles. The Labute approximate surface area is 170 Å². The summed E-state index contributed by atoms with van der Waals surface area (Å²) in [6.45, 7) is 2.34. The fourth-order valence-electron chi connectivity index (χ4n) is 3.88. The van der Waals surface area contributed by atoms with E-state index in [0.29, 0.717) is 12.2 Å². The Kier molecular flexibility index (Phi) is 5.40. The molecule has 0 aromatic heterocycles. The van der Waals surface area contributed by atoms with Crippen molar-refractivity contribution in [3.8, 4) is 0 Å². The zero-order valence-corrected chi connectivity index (χ0v) is 17.2. The number of halogens is 1. The van der Waals surface area contributed by atoms with Gasteiger partial charge in [0.1, 0.15) is 5.54 Å². The minimum Gasteiger partial charge on any atom is -0.352 e. The van der Waals surface area contributed by atoms with Gasteiger partial charge in [0.05, 0.1) is 12.2 Å². The van der Waals surface area contributed by atoms with E-state index in [1.807, 2.05) is 31.3 Å². The van der Waals surface area contributed by atoms with Crippen LogP contribution >= 0.6 is 24.0 Å². The third-order valence-electron chi connectivity index (χ3n) is 5.30. The molecule has 2 aliphatic heterocycles. The summed E-state index contributed by atoms with van der Waals surface area (Å²) >= 11 is 0. The fraction of sp³-hybridized carbons (Fsp3) is 0.500. The lowest BCUT2D eigenvalue weighted by molar-refractivity contribution is -0.121. The van der Waals surface area contributed by atoms with Crippen LogP contribution in [0.5, 0.6) is 0 Å². The predicted molar refractivity (Wildman–Crippen MR) is 111 cm³/mol. The van der Waals surface area contributed by atoms with Crippen molar-refractivity contribution in [3.63, 3.8) is 0 Å². The van der Waals surface area contributed by atoms with Crippen LogP contribution in [0.25, 0.3) is 0 Å². The van der Waals surface area contributed by atoms with Gasteiger partial charge in [0.25, 0.3) is 5.91 Å². The monoisotopic (exact) mass is 469 g/mol. The summed E-state index contributed by atoms with van der Waals surface area (Å²) in [7, 11) is 2.00. The van der Waals surface area contributed by atoms with Crippen molar-refractivity contribution in [3.05, 3.63) is 29.8 Å². The number of nitrogens with one attached hydrogen (secondary N) is 2. The van der Waals surface area contributed by atoms with Gasteiger partial charge in [0.15, 0.2) is 5.96 Å². The van der Waals surface area contributed by atoms with E-state index in [-0.39, 0.29) is 35.9 Å². The predicted octanol–water partition coefficient (Wildman–Crippen LogP) is 2.06. The zero-order valence-electron chi connectivity index (χ0n) is 14.8. The molecule has 1 saturated heterocycles. The number of aliphatic imine (C=N–C) groups is 1. The van der Waals surface area contributed by atoms with E-state index in [1.165, 1.54) is 4.90 Å². The summed E-state index contributed by atoms with van der Waals surface area (Å²) in [6, 6.07) is 7.27. The number of anilines is 1. The molecule has 1 spiro atoms. The van der Waals surface area contributed by atoms with E-state index in [4.69, 9.17) is 0 Å². The van der Waals surface area contributed by atoms with Crippen LogP contribution in [-0.4, -0.2) is 48.5 Å². The van der Waals surface area contributed by atoms with E-state index < -0.39 is 5.54 Å². The number of imide groups is 1. The Hall–Kier alpha value is -1.84. The molecule has 140 valence electrons. The van der Waals surface area contributed by atoms with E-state index in [9.17, 15) is 9.59 Å². The number of urea groups is 1. The average Bonchev–Trinajstić information content (AvgIpc) is 3.28. The van der Waals surface area contributed by atoms with Crippen molar-refractivity contribution in [2.24, 2.45) is 4.99 Å². The number of guanidine groups is 1. The number of hydrogen-bond donors (Lipinski definition) is 2. The quantitative estimate of drug-likeness (QED) is 0.525. The van der Waals surface area contributed by atoms with Gasteiger partial charge in [-0.05, 0) is 30.5 Å². The highest BCUT2D eigenvalue weighted by Gasteiger charge is 2.52. The van der Waals surface area contributed by atoms with Crippen LogP contribution in [0.4, 0.5) is 10.5 Å². The van der Waals surface area contributed by atoms with Crippen LogP contribution in [0, 0.1) is 0 Å². The van der Waals surface area contributed by atoms with Crippen LogP contribution < -0.4 is 15.5 Å². The minimum absolute atomic E-state index is 0. The molecule has 2 fully saturated rings. The highest BCUT2D eigenvalue weighted by molar-refractivity contribution is 14.0. The van der Waals surface area contributed by atoms with Gasteiger partial charge >= 0.3 is 6.03 Å². The molecule has 0 bridgehead atoms. The first-order chi connectivity index (χ1) is 12.1. The first-order valence-corrected chi connectivity index (χ1v) is 8.84. The molecule has 4 rings (SSSR count). The Balaban J connectivity index is 0.00000196. The molecule has 1 aromatic carbocycles. The third kappa shape index (κ3) is 3.26. The molecule has 7 nitrogen and oxygen atoms in total. The lowest BCUT2D eigenvalue weighted by Gasteiger charge is -2.20. The van der Waals surface area contributed by atoms with Crippen molar-refractivity contribution in [2.75, 3.05) is 25.0 Å². The standard InChI is InChI=1S/C18H23N5O2.HI/c1-22-10-9-19-16(22)20-12-13-5-4-6-14(11-13)23-15(24)18(21-17(23)25)7-2-3-8-18;/h4-6,11H,2-3,7-10,12H2,1H3,(H,19,20)(H,21,25);1H. The van der Waals surface area contributed by atoms with Gasteiger partial charge in [-0.15, -0.1) is 24.0 Å². The summed E-state index contributed by atoms with van der Waals surface area (Å²) in [5.41, 5.74) is 0.966. The number of amides is 3.